The van der Waals surface area contributed by atoms with Crippen LogP contribution in [-0.4, -0.2) is 74.7 Å². The third-order valence-corrected chi connectivity index (χ3v) is 16.1. The number of unbranched alkanes of at least 4 members (excludes halogenated alkanes) is 15. The fraction of sp³-hybridized carbons (Fsp3) is 0.667. The molecule has 0 fully saturated rings. The molecule has 0 spiro atoms. The van der Waals surface area contributed by atoms with Gasteiger partial charge in [0.25, 0.3) is 17.4 Å². The van der Waals surface area contributed by atoms with Crippen LogP contribution in [0, 0.1) is 16.2 Å². The molecule has 15 nitrogen and oxygen atoms in total. The Kier molecular flexibility index (Phi) is 19.7. The van der Waals surface area contributed by atoms with Gasteiger partial charge in [-0.05, 0) is 88.0 Å². The first-order valence-corrected chi connectivity index (χ1v) is 29.8. The zero-order valence-corrected chi connectivity index (χ0v) is 49.6. The number of rotatable bonds is 27. The SMILES string of the molecule is CCCCCCCCNC(=O)NCC1(C(C)(C)C)Oc2cc3c4cc5c(cc4c4cc6c(cc4c3cc2O1)OC(CNC(=O)NCCCCCCCC)(C(C)(C)C)O6)OC(CNC(=O)NCCCCCCCC)(C(C)(C)C)O5. The van der Waals surface area contributed by atoms with Crippen molar-refractivity contribution in [2.24, 2.45) is 16.2 Å². The Morgan fingerprint density at radius 2 is 0.513 bits per heavy atom. The molecule has 6 amide bonds. The van der Waals surface area contributed by atoms with E-state index in [0.717, 1.165) is 70.8 Å². The molecular weight excluding hydrogens is 985 g/mol. The molecule has 0 saturated heterocycles. The van der Waals surface area contributed by atoms with Crippen LogP contribution < -0.4 is 60.3 Å². The van der Waals surface area contributed by atoms with E-state index in [4.69, 9.17) is 28.4 Å². The minimum absolute atomic E-state index is 0.0999. The summed E-state index contributed by atoms with van der Waals surface area (Å²) in [7, 11) is 0. The summed E-state index contributed by atoms with van der Waals surface area (Å²) in [5.41, 5.74) is -1.76. The maximum absolute atomic E-state index is 13.3. The first kappa shape index (κ1) is 59.9. The highest BCUT2D eigenvalue weighted by molar-refractivity contribution is 6.27. The predicted octanol–water partition coefficient (Wildman–Crippen LogP) is 14.7. The van der Waals surface area contributed by atoms with Crippen LogP contribution in [0.3, 0.4) is 0 Å². The Bertz CT molecular complexity index is 2280. The quantitative estimate of drug-likeness (QED) is 0.0250. The molecule has 4 aromatic rings. The van der Waals surface area contributed by atoms with E-state index < -0.39 is 33.6 Å². The minimum Gasteiger partial charge on any atom is -0.446 e. The molecule has 0 saturated carbocycles. The summed E-state index contributed by atoms with van der Waals surface area (Å²) in [6, 6.07) is 11.3. The zero-order valence-electron chi connectivity index (χ0n) is 49.6. The third kappa shape index (κ3) is 13.8. The van der Waals surface area contributed by atoms with Gasteiger partial charge < -0.3 is 60.3 Å². The van der Waals surface area contributed by atoms with E-state index >= 15 is 0 Å². The van der Waals surface area contributed by atoms with Crippen LogP contribution in [0.25, 0.3) is 32.3 Å². The van der Waals surface area contributed by atoms with Crippen molar-refractivity contribution in [3.05, 3.63) is 36.4 Å². The van der Waals surface area contributed by atoms with Crippen molar-refractivity contribution in [1.29, 1.82) is 0 Å². The Morgan fingerprint density at radius 3 is 0.705 bits per heavy atom. The smallest absolute Gasteiger partial charge is 0.315 e. The Labute approximate surface area is 465 Å². The van der Waals surface area contributed by atoms with Crippen LogP contribution in [-0.2, 0) is 0 Å². The van der Waals surface area contributed by atoms with Crippen molar-refractivity contribution in [2.75, 3.05) is 39.3 Å². The van der Waals surface area contributed by atoms with Crippen LogP contribution in [0.2, 0.25) is 0 Å². The maximum Gasteiger partial charge on any atom is 0.315 e. The molecule has 7 rings (SSSR count). The van der Waals surface area contributed by atoms with Gasteiger partial charge in [0.05, 0.1) is 19.6 Å². The minimum atomic E-state index is -1.24. The van der Waals surface area contributed by atoms with Gasteiger partial charge in [-0.2, -0.15) is 0 Å². The number of benzene rings is 4. The molecular formula is C63H96N6O9. The van der Waals surface area contributed by atoms with Gasteiger partial charge in [-0.15, -0.1) is 0 Å². The largest absolute Gasteiger partial charge is 0.446 e. The molecule has 0 unspecified atom stereocenters. The summed E-state index contributed by atoms with van der Waals surface area (Å²) < 4.78 is 41.6. The highest BCUT2D eigenvalue weighted by Gasteiger charge is 2.55. The van der Waals surface area contributed by atoms with Gasteiger partial charge in [0, 0.05) is 35.9 Å². The summed E-state index contributed by atoms with van der Waals surface area (Å²) >= 11 is 0. The Hall–Kier alpha value is -5.73. The molecule has 432 valence electrons. The molecule has 15 heteroatoms. The highest BCUT2D eigenvalue weighted by atomic mass is 16.7. The standard InChI is InChI=1S/C63H96N6O9/c1-13-16-19-22-25-28-31-64-55(70)67-40-61(58(4,5)6)73-49-34-43-44(35-50(49)74-61)46-37-52-54(78-63(76-52,60(10,11)12)42-69-57(72)66-33-30-27-24-21-18-15-3)39-48(46)47-38-53-51(36-45(43)47)75-62(77-53,59(7,8)9)41-68-56(71)65-32-29-26-23-20-17-14-2/h34-39H,13-33,40-42H2,1-12H3,(H2,64,67,70)(H2,65,68,71)(H2,66,69,72). The van der Waals surface area contributed by atoms with E-state index in [0.29, 0.717) is 54.1 Å². The molecule has 0 atom stereocenters. The van der Waals surface area contributed by atoms with E-state index in [-0.39, 0.29) is 37.7 Å². The lowest BCUT2D eigenvalue weighted by Gasteiger charge is -2.39. The van der Waals surface area contributed by atoms with E-state index in [1.54, 1.807) is 0 Å². The van der Waals surface area contributed by atoms with Crippen molar-refractivity contribution < 1.29 is 42.8 Å². The average molecular weight is 1080 g/mol. The summed E-state index contributed by atoms with van der Waals surface area (Å²) in [5, 5.41) is 23.5. The fourth-order valence-electron chi connectivity index (χ4n) is 10.7. The molecule has 4 aromatic carbocycles. The summed E-state index contributed by atoms with van der Waals surface area (Å²) in [6.07, 6.45) is 20.4. The van der Waals surface area contributed by atoms with Crippen molar-refractivity contribution in [1.82, 2.24) is 31.9 Å². The number of carbonyl (C=O) groups excluding carboxylic acids is 3. The van der Waals surface area contributed by atoms with Crippen molar-refractivity contribution >= 4 is 50.4 Å². The van der Waals surface area contributed by atoms with E-state index in [9.17, 15) is 14.4 Å². The topological polar surface area (TPSA) is 179 Å². The molecule has 3 aliphatic heterocycles. The highest BCUT2D eigenvalue weighted by Crippen LogP contribution is 2.56. The van der Waals surface area contributed by atoms with Crippen LogP contribution in [0.15, 0.2) is 36.4 Å². The lowest BCUT2D eigenvalue weighted by Crippen LogP contribution is -2.59. The van der Waals surface area contributed by atoms with Crippen molar-refractivity contribution in [3.8, 4) is 34.5 Å². The van der Waals surface area contributed by atoms with Gasteiger partial charge in [-0.3, -0.25) is 0 Å². The number of hydrogen-bond donors (Lipinski definition) is 6. The maximum atomic E-state index is 13.3. The van der Waals surface area contributed by atoms with Gasteiger partial charge in [-0.25, -0.2) is 14.4 Å². The first-order valence-electron chi connectivity index (χ1n) is 29.8. The molecule has 0 radical (unpaired) electrons. The summed E-state index contributed by atoms with van der Waals surface area (Å²) in [4.78, 5) is 39.8. The number of hydrogen-bond acceptors (Lipinski definition) is 9. The van der Waals surface area contributed by atoms with E-state index in [1.807, 2.05) is 98.7 Å². The molecule has 0 aliphatic carbocycles. The van der Waals surface area contributed by atoms with Gasteiger partial charge in [0.15, 0.2) is 34.5 Å². The van der Waals surface area contributed by atoms with Crippen LogP contribution >= 0.6 is 0 Å². The number of nitrogens with one attached hydrogen (secondary N) is 6. The molecule has 6 N–H and O–H groups in total. The van der Waals surface area contributed by atoms with Crippen LogP contribution in [0.4, 0.5) is 14.4 Å². The molecule has 3 heterocycles. The summed E-state index contributed by atoms with van der Waals surface area (Å²) in [5.74, 6) is -0.488. The van der Waals surface area contributed by atoms with Gasteiger partial charge in [0.2, 0.25) is 0 Å². The number of amides is 6. The molecule has 0 aromatic heterocycles. The molecule has 3 aliphatic rings. The summed E-state index contributed by atoms with van der Waals surface area (Å²) in [6.45, 7) is 27.1. The predicted molar refractivity (Wildman–Crippen MR) is 314 cm³/mol. The second kappa shape index (κ2) is 25.6. The third-order valence-electron chi connectivity index (χ3n) is 16.1. The van der Waals surface area contributed by atoms with E-state index in [2.05, 4.69) is 52.7 Å². The average Bonchev–Trinajstić information content (AvgIpc) is 4.09. The number of ether oxygens (including phenoxy) is 6. The monoisotopic (exact) mass is 1080 g/mol. The fourth-order valence-corrected chi connectivity index (χ4v) is 10.7. The van der Waals surface area contributed by atoms with Crippen LogP contribution in [0.5, 0.6) is 34.5 Å². The zero-order chi connectivity index (χ0) is 56.4. The molecule has 0 bridgehead atoms. The van der Waals surface area contributed by atoms with Crippen molar-refractivity contribution in [2.45, 2.75) is 216 Å². The number of carbonyl (C=O) groups is 3. The lowest BCUT2D eigenvalue weighted by atomic mass is 9.85. The lowest BCUT2D eigenvalue weighted by molar-refractivity contribution is -0.153. The van der Waals surface area contributed by atoms with E-state index in [1.165, 1.54) is 77.0 Å². The Morgan fingerprint density at radius 1 is 0.321 bits per heavy atom. The number of urea groups is 3. The van der Waals surface area contributed by atoms with Gasteiger partial charge >= 0.3 is 18.1 Å². The van der Waals surface area contributed by atoms with Gasteiger partial charge in [-0.1, -0.05) is 179 Å². The molecule has 78 heavy (non-hydrogen) atoms. The second-order valence-electron chi connectivity index (χ2n) is 25.3. The second-order valence-corrected chi connectivity index (χ2v) is 25.3. The normalized spacial score (nSPS) is 19.4. The Balaban J connectivity index is 1.22. The first-order chi connectivity index (χ1) is 37.1. The number of fused-ring (bicyclic) bond motifs is 9. The van der Waals surface area contributed by atoms with Crippen molar-refractivity contribution in [3.63, 3.8) is 0 Å². The van der Waals surface area contributed by atoms with Gasteiger partial charge in [0.1, 0.15) is 0 Å². The van der Waals surface area contributed by atoms with Crippen LogP contribution in [0.1, 0.15) is 199 Å².